The number of benzene rings is 2. The number of sulfone groups is 1. The number of rotatable bonds is 8. The average Bonchev–Trinajstić information content (AvgIpc) is 3.27. The third kappa shape index (κ3) is 5.99. The Bertz CT molecular complexity index is 1040. The van der Waals surface area contributed by atoms with Crippen LogP contribution in [0.3, 0.4) is 0 Å². The molecule has 172 valence electrons. The highest BCUT2D eigenvalue weighted by atomic mass is 32.2. The van der Waals surface area contributed by atoms with E-state index < -0.39 is 9.84 Å². The van der Waals surface area contributed by atoms with Gasteiger partial charge in [-0.2, -0.15) is 0 Å². The van der Waals surface area contributed by atoms with E-state index >= 15 is 0 Å². The highest BCUT2D eigenvalue weighted by Crippen LogP contribution is 2.25. The maximum absolute atomic E-state index is 12.6. The molecule has 1 heterocycles. The predicted octanol–water partition coefficient (Wildman–Crippen LogP) is 3.89. The largest absolute Gasteiger partial charge is 0.352 e. The summed E-state index contributed by atoms with van der Waals surface area (Å²) in [7, 11) is -3.45. The maximum Gasteiger partial charge on any atom is 0.221 e. The topological polar surface area (TPSA) is 66.5 Å². The first-order valence-corrected chi connectivity index (χ1v) is 13.5. The van der Waals surface area contributed by atoms with Crippen LogP contribution in [0.15, 0.2) is 47.4 Å². The van der Waals surface area contributed by atoms with Crippen molar-refractivity contribution in [2.75, 3.05) is 18.8 Å². The summed E-state index contributed by atoms with van der Waals surface area (Å²) in [4.78, 5) is 15.1. The number of aryl methyl sites for hydroxylation is 2. The van der Waals surface area contributed by atoms with Gasteiger partial charge in [0.2, 0.25) is 5.91 Å². The second-order valence-corrected chi connectivity index (χ2v) is 11.5. The summed E-state index contributed by atoms with van der Waals surface area (Å²) >= 11 is 0. The second-order valence-electron chi connectivity index (χ2n) is 9.40. The molecule has 2 aromatic carbocycles. The Labute approximate surface area is 192 Å². The van der Waals surface area contributed by atoms with Crippen LogP contribution in [-0.4, -0.2) is 38.1 Å². The average molecular weight is 455 g/mol. The van der Waals surface area contributed by atoms with E-state index in [0.29, 0.717) is 11.4 Å². The van der Waals surface area contributed by atoms with Crippen molar-refractivity contribution in [2.24, 2.45) is 5.92 Å². The van der Waals surface area contributed by atoms with E-state index in [9.17, 15) is 13.2 Å². The van der Waals surface area contributed by atoms with Gasteiger partial charge in [-0.05, 0) is 85.5 Å². The fourth-order valence-electron chi connectivity index (χ4n) is 4.62. The molecule has 2 aliphatic rings. The fourth-order valence-corrected chi connectivity index (χ4v) is 5.90. The van der Waals surface area contributed by atoms with Crippen molar-refractivity contribution in [1.82, 2.24) is 10.2 Å². The zero-order valence-electron chi connectivity index (χ0n) is 19.0. The van der Waals surface area contributed by atoms with E-state index in [1.807, 2.05) is 18.2 Å². The van der Waals surface area contributed by atoms with E-state index in [-0.39, 0.29) is 18.1 Å². The van der Waals surface area contributed by atoms with Crippen molar-refractivity contribution in [3.05, 3.63) is 64.7 Å². The Morgan fingerprint density at radius 3 is 2.44 bits per heavy atom. The second kappa shape index (κ2) is 10.2. The molecule has 1 aliphatic carbocycles. The lowest BCUT2D eigenvalue weighted by atomic mass is 9.99. The Morgan fingerprint density at radius 1 is 1.00 bits per heavy atom. The minimum Gasteiger partial charge on any atom is -0.352 e. The molecule has 6 heteroatoms. The molecule has 2 aromatic rings. The number of carbonyl (C=O) groups excluding carboxylic acids is 1. The molecule has 4 rings (SSSR count). The number of hydrogen-bond donors (Lipinski definition) is 1. The number of hydrogen-bond acceptors (Lipinski definition) is 4. The van der Waals surface area contributed by atoms with E-state index in [1.54, 1.807) is 12.1 Å². The zero-order chi connectivity index (χ0) is 22.6. The van der Waals surface area contributed by atoms with Gasteiger partial charge in [0.25, 0.3) is 0 Å². The number of likely N-dealkylation sites (tertiary alicyclic amines) is 1. The van der Waals surface area contributed by atoms with Crippen molar-refractivity contribution < 1.29 is 13.2 Å². The summed E-state index contributed by atoms with van der Waals surface area (Å²) < 4.78 is 25.3. The molecule has 0 saturated carbocycles. The lowest BCUT2D eigenvalue weighted by molar-refractivity contribution is -0.120. The van der Waals surface area contributed by atoms with Crippen LogP contribution in [0.25, 0.3) is 0 Å². The van der Waals surface area contributed by atoms with Gasteiger partial charge in [0.05, 0.1) is 10.6 Å². The summed E-state index contributed by atoms with van der Waals surface area (Å²) in [5, 5.41) is 2.86. The van der Waals surface area contributed by atoms with Gasteiger partial charge in [0.15, 0.2) is 9.84 Å². The van der Waals surface area contributed by atoms with Crippen molar-refractivity contribution in [1.29, 1.82) is 0 Å². The lowest BCUT2D eigenvalue weighted by Crippen LogP contribution is -2.32. The number of amides is 1. The quantitative estimate of drug-likeness (QED) is 0.657. The van der Waals surface area contributed by atoms with Crippen LogP contribution < -0.4 is 5.32 Å². The third-order valence-corrected chi connectivity index (χ3v) is 8.54. The predicted molar refractivity (Wildman–Crippen MR) is 127 cm³/mol. The molecule has 1 aliphatic heterocycles. The van der Waals surface area contributed by atoms with Gasteiger partial charge in [-0.3, -0.25) is 9.69 Å². The minimum absolute atomic E-state index is 0.0229. The first-order chi connectivity index (χ1) is 15.4. The first-order valence-electron chi connectivity index (χ1n) is 11.8. The van der Waals surface area contributed by atoms with Crippen LogP contribution >= 0.6 is 0 Å². The summed E-state index contributed by atoms with van der Waals surface area (Å²) in [6.07, 6.45) is 5.56. The highest BCUT2D eigenvalue weighted by Gasteiger charge is 2.20. The van der Waals surface area contributed by atoms with Gasteiger partial charge in [-0.1, -0.05) is 37.3 Å². The third-order valence-electron chi connectivity index (χ3n) is 6.82. The van der Waals surface area contributed by atoms with Crippen molar-refractivity contribution in [3.8, 4) is 0 Å². The van der Waals surface area contributed by atoms with E-state index in [1.165, 1.54) is 24.0 Å². The molecule has 5 nitrogen and oxygen atoms in total. The Morgan fingerprint density at radius 2 is 1.69 bits per heavy atom. The van der Waals surface area contributed by atoms with Gasteiger partial charge in [0, 0.05) is 19.5 Å². The summed E-state index contributed by atoms with van der Waals surface area (Å²) in [6, 6.07) is 13.7. The van der Waals surface area contributed by atoms with Crippen LogP contribution in [0.4, 0.5) is 0 Å². The molecule has 0 spiro atoms. The first kappa shape index (κ1) is 23.0. The van der Waals surface area contributed by atoms with Crippen LogP contribution in [0, 0.1) is 5.92 Å². The van der Waals surface area contributed by atoms with E-state index in [4.69, 9.17) is 0 Å². The van der Waals surface area contributed by atoms with Crippen LogP contribution in [0.1, 0.15) is 54.9 Å². The van der Waals surface area contributed by atoms with Crippen LogP contribution in [0.2, 0.25) is 0 Å². The Kier molecular flexibility index (Phi) is 7.31. The molecule has 0 aromatic heterocycles. The monoisotopic (exact) mass is 454 g/mol. The minimum atomic E-state index is -3.45. The highest BCUT2D eigenvalue weighted by molar-refractivity contribution is 7.91. The maximum atomic E-state index is 12.6. The Balaban J connectivity index is 1.22. The normalized spacial score (nSPS) is 17.3. The number of nitrogens with one attached hydrogen (secondary N) is 1. The smallest absolute Gasteiger partial charge is 0.221 e. The van der Waals surface area contributed by atoms with Gasteiger partial charge < -0.3 is 5.32 Å². The van der Waals surface area contributed by atoms with Gasteiger partial charge in [-0.25, -0.2) is 8.42 Å². The molecule has 1 saturated heterocycles. The van der Waals surface area contributed by atoms with E-state index in [2.05, 4.69) is 29.3 Å². The standard InChI is InChI=1S/C26H34N2O3S/c1-20-11-14-28(15-12-20)19-22-7-5-21(6-8-22)18-27-26(29)13-16-32(30,31)25-10-9-23-3-2-4-24(23)17-25/h5-10,17,20H,2-4,11-16,18-19H2,1H3,(H,27,29). The summed E-state index contributed by atoms with van der Waals surface area (Å²) in [5.74, 6) is 0.437. The fraction of sp³-hybridized carbons (Fsp3) is 0.500. The van der Waals surface area contributed by atoms with Gasteiger partial charge in [0.1, 0.15) is 0 Å². The Hall–Kier alpha value is -2.18. The molecular formula is C26H34N2O3S. The SMILES string of the molecule is CC1CCN(Cc2ccc(CNC(=O)CCS(=O)(=O)c3ccc4c(c3)CCC4)cc2)CC1. The number of carbonyl (C=O) groups is 1. The summed E-state index contributed by atoms with van der Waals surface area (Å²) in [5.41, 5.74) is 4.69. The molecular weight excluding hydrogens is 420 g/mol. The zero-order valence-corrected chi connectivity index (χ0v) is 19.8. The lowest BCUT2D eigenvalue weighted by Gasteiger charge is -2.30. The van der Waals surface area contributed by atoms with E-state index in [0.717, 1.165) is 55.9 Å². The molecule has 32 heavy (non-hydrogen) atoms. The number of piperidine rings is 1. The van der Waals surface area contributed by atoms with Gasteiger partial charge >= 0.3 is 0 Å². The molecule has 1 fully saturated rings. The number of nitrogens with zero attached hydrogens (tertiary/aromatic N) is 1. The summed E-state index contributed by atoms with van der Waals surface area (Å²) in [6.45, 7) is 6.03. The van der Waals surface area contributed by atoms with Crippen molar-refractivity contribution in [3.63, 3.8) is 0 Å². The molecule has 0 unspecified atom stereocenters. The van der Waals surface area contributed by atoms with Crippen LogP contribution in [-0.2, 0) is 40.6 Å². The van der Waals surface area contributed by atoms with Crippen molar-refractivity contribution in [2.45, 2.75) is 63.4 Å². The molecule has 0 bridgehead atoms. The molecule has 0 atom stereocenters. The molecule has 1 N–H and O–H groups in total. The molecule has 1 amide bonds. The number of fused-ring (bicyclic) bond motifs is 1. The van der Waals surface area contributed by atoms with Gasteiger partial charge in [-0.15, -0.1) is 0 Å². The van der Waals surface area contributed by atoms with Crippen molar-refractivity contribution >= 4 is 15.7 Å². The molecule has 0 radical (unpaired) electrons. The van der Waals surface area contributed by atoms with Crippen LogP contribution in [0.5, 0.6) is 0 Å².